The summed E-state index contributed by atoms with van der Waals surface area (Å²) >= 11 is 0. The van der Waals surface area contributed by atoms with Crippen LogP contribution in [-0.2, 0) is 17.6 Å². The summed E-state index contributed by atoms with van der Waals surface area (Å²) < 4.78 is 13.5. The van der Waals surface area contributed by atoms with Crippen molar-refractivity contribution in [1.82, 2.24) is 5.32 Å². The largest absolute Gasteiger partial charge is 0.374 e. The molecule has 1 aliphatic rings. The number of carbonyl (C=O) groups excluding carboxylic acids is 1. The van der Waals surface area contributed by atoms with Gasteiger partial charge in [0.1, 0.15) is 5.82 Å². The quantitative estimate of drug-likeness (QED) is 0.872. The molecule has 0 fully saturated rings. The number of nitrogens with one attached hydrogen (secondary N) is 2. The Hall–Kier alpha value is -2.36. The third-order valence-corrected chi connectivity index (χ3v) is 4.56. The highest BCUT2D eigenvalue weighted by Crippen LogP contribution is 2.24. The Morgan fingerprint density at radius 2 is 1.88 bits per heavy atom. The zero-order chi connectivity index (χ0) is 16.9. The van der Waals surface area contributed by atoms with E-state index in [0.29, 0.717) is 5.69 Å². The van der Waals surface area contributed by atoms with E-state index in [-0.39, 0.29) is 24.3 Å². The van der Waals surface area contributed by atoms with E-state index in [1.165, 1.54) is 30.0 Å². The normalized spacial score (nSPS) is 14.6. The van der Waals surface area contributed by atoms with E-state index in [4.69, 9.17) is 0 Å². The van der Waals surface area contributed by atoms with E-state index < -0.39 is 0 Å². The number of amides is 1. The van der Waals surface area contributed by atoms with Gasteiger partial charge in [-0.2, -0.15) is 0 Å². The van der Waals surface area contributed by atoms with E-state index in [0.717, 1.165) is 18.4 Å². The molecule has 4 heteroatoms. The van der Waals surface area contributed by atoms with Crippen LogP contribution in [0.5, 0.6) is 0 Å². The number of para-hydroxylation sites is 1. The summed E-state index contributed by atoms with van der Waals surface area (Å²) in [7, 11) is 0. The molecule has 0 saturated carbocycles. The molecule has 0 unspecified atom stereocenters. The van der Waals surface area contributed by atoms with E-state index in [2.05, 4.69) is 28.8 Å². The fraction of sp³-hybridized carbons (Fsp3) is 0.350. The molecule has 0 heterocycles. The summed E-state index contributed by atoms with van der Waals surface area (Å²) in [4.78, 5) is 12.1. The number of rotatable bonds is 5. The van der Waals surface area contributed by atoms with Gasteiger partial charge in [-0.15, -0.1) is 0 Å². The molecule has 126 valence electrons. The Morgan fingerprint density at radius 1 is 1.12 bits per heavy atom. The SMILES string of the molecule is C[C@H](NC(=O)CNc1ccccc1F)c1ccc2c(c1)CCCC2. The third-order valence-electron chi connectivity index (χ3n) is 4.56. The van der Waals surface area contributed by atoms with Crippen molar-refractivity contribution in [3.05, 3.63) is 65.0 Å². The summed E-state index contributed by atoms with van der Waals surface area (Å²) in [5.74, 6) is -0.503. The second kappa shape index (κ2) is 7.47. The van der Waals surface area contributed by atoms with Gasteiger partial charge in [-0.3, -0.25) is 4.79 Å². The molecule has 0 radical (unpaired) electrons. The Labute approximate surface area is 142 Å². The molecule has 3 nitrogen and oxygen atoms in total. The predicted molar refractivity (Wildman–Crippen MR) is 94.5 cm³/mol. The van der Waals surface area contributed by atoms with E-state index in [9.17, 15) is 9.18 Å². The second-order valence-corrected chi connectivity index (χ2v) is 6.36. The monoisotopic (exact) mass is 326 g/mol. The highest BCUT2D eigenvalue weighted by atomic mass is 19.1. The summed E-state index contributed by atoms with van der Waals surface area (Å²) in [6.45, 7) is 2.03. The van der Waals surface area contributed by atoms with Crippen molar-refractivity contribution in [2.24, 2.45) is 0 Å². The lowest BCUT2D eigenvalue weighted by Gasteiger charge is -2.20. The van der Waals surface area contributed by atoms with Gasteiger partial charge in [0.25, 0.3) is 0 Å². The van der Waals surface area contributed by atoms with Gasteiger partial charge in [0.05, 0.1) is 18.3 Å². The van der Waals surface area contributed by atoms with E-state index in [1.807, 2.05) is 6.92 Å². The molecule has 1 aliphatic carbocycles. The molecule has 0 spiro atoms. The van der Waals surface area contributed by atoms with Gasteiger partial charge in [-0.05, 0) is 61.4 Å². The summed E-state index contributed by atoms with van der Waals surface area (Å²) in [5.41, 5.74) is 4.30. The molecule has 1 atom stereocenters. The molecule has 2 aromatic rings. The smallest absolute Gasteiger partial charge is 0.239 e. The van der Waals surface area contributed by atoms with Gasteiger partial charge in [0.2, 0.25) is 5.91 Å². The topological polar surface area (TPSA) is 41.1 Å². The first-order valence-electron chi connectivity index (χ1n) is 8.53. The lowest BCUT2D eigenvalue weighted by molar-refractivity contribution is -0.120. The standard InChI is InChI=1S/C20H23FN2O/c1-14(16-11-10-15-6-2-3-7-17(15)12-16)23-20(24)13-22-19-9-5-4-8-18(19)21/h4-5,8-12,14,22H,2-3,6-7,13H2,1H3,(H,23,24)/t14-/m0/s1. The summed E-state index contributed by atoms with van der Waals surface area (Å²) in [6.07, 6.45) is 4.78. The van der Waals surface area contributed by atoms with Crippen molar-refractivity contribution >= 4 is 11.6 Å². The van der Waals surface area contributed by atoms with E-state index in [1.54, 1.807) is 18.2 Å². The molecule has 2 aromatic carbocycles. The highest BCUT2D eigenvalue weighted by molar-refractivity contribution is 5.81. The van der Waals surface area contributed by atoms with Crippen molar-refractivity contribution in [2.75, 3.05) is 11.9 Å². The van der Waals surface area contributed by atoms with Crippen LogP contribution in [0.2, 0.25) is 0 Å². The van der Waals surface area contributed by atoms with Gasteiger partial charge in [-0.1, -0.05) is 30.3 Å². The Bertz CT molecular complexity index is 729. The van der Waals surface area contributed by atoms with Crippen LogP contribution in [0, 0.1) is 5.82 Å². The maximum Gasteiger partial charge on any atom is 0.239 e. The van der Waals surface area contributed by atoms with Crippen LogP contribution in [0.1, 0.15) is 42.5 Å². The van der Waals surface area contributed by atoms with Crippen LogP contribution in [0.4, 0.5) is 10.1 Å². The number of hydrogen-bond acceptors (Lipinski definition) is 2. The molecule has 3 rings (SSSR count). The maximum atomic E-state index is 13.5. The van der Waals surface area contributed by atoms with Crippen LogP contribution >= 0.6 is 0 Å². The molecule has 2 N–H and O–H groups in total. The second-order valence-electron chi connectivity index (χ2n) is 6.36. The van der Waals surface area contributed by atoms with Crippen LogP contribution < -0.4 is 10.6 Å². The molecule has 0 aliphatic heterocycles. The van der Waals surface area contributed by atoms with Crippen molar-refractivity contribution in [3.63, 3.8) is 0 Å². The molecule has 0 saturated heterocycles. The van der Waals surface area contributed by atoms with Crippen LogP contribution in [-0.4, -0.2) is 12.5 Å². The fourth-order valence-electron chi connectivity index (χ4n) is 3.18. The molecular formula is C20H23FN2O. The average Bonchev–Trinajstić information content (AvgIpc) is 2.60. The molecule has 1 amide bonds. The van der Waals surface area contributed by atoms with Gasteiger partial charge in [0, 0.05) is 0 Å². The fourth-order valence-corrected chi connectivity index (χ4v) is 3.18. The highest BCUT2D eigenvalue weighted by Gasteiger charge is 2.14. The minimum Gasteiger partial charge on any atom is -0.374 e. The van der Waals surface area contributed by atoms with Crippen molar-refractivity contribution in [2.45, 2.75) is 38.6 Å². The zero-order valence-corrected chi connectivity index (χ0v) is 13.9. The molecule has 0 aromatic heterocycles. The lowest BCUT2D eigenvalue weighted by Crippen LogP contribution is -2.32. The minimum atomic E-state index is -0.354. The molecular weight excluding hydrogens is 303 g/mol. The maximum absolute atomic E-state index is 13.5. The number of halogens is 1. The third kappa shape index (κ3) is 3.94. The number of carbonyl (C=O) groups is 1. The van der Waals surface area contributed by atoms with Crippen molar-refractivity contribution in [3.8, 4) is 0 Å². The molecule has 0 bridgehead atoms. The average molecular weight is 326 g/mol. The van der Waals surface area contributed by atoms with Gasteiger partial charge < -0.3 is 10.6 Å². The summed E-state index contributed by atoms with van der Waals surface area (Å²) in [5, 5.41) is 5.80. The van der Waals surface area contributed by atoms with Crippen LogP contribution in [0.25, 0.3) is 0 Å². The van der Waals surface area contributed by atoms with Crippen molar-refractivity contribution < 1.29 is 9.18 Å². The van der Waals surface area contributed by atoms with Crippen LogP contribution in [0.3, 0.4) is 0 Å². The Morgan fingerprint density at radius 3 is 2.67 bits per heavy atom. The molecule has 24 heavy (non-hydrogen) atoms. The van der Waals surface area contributed by atoms with Gasteiger partial charge >= 0.3 is 0 Å². The Balaban J connectivity index is 1.57. The van der Waals surface area contributed by atoms with E-state index >= 15 is 0 Å². The number of benzene rings is 2. The zero-order valence-electron chi connectivity index (χ0n) is 13.9. The number of hydrogen-bond donors (Lipinski definition) is 2. The predicted octanol–water partition coefficient (Wildman–Crippen LogP) is 3.99. The minimum absolute atomic E-state index is 0.0518. The first-order valence-corrected chi connectivity index (χ1v) is 8.53. The van der Waals surface area contributed by atoms with Gasteiger partial charge in [-0.25, -0.2) is 4.39 Å². The van der Waals surface area contributed by atoms with Gasteiger partial charge in [0.15, 0.2) is 0 Å². The summed E-state index contributed by atoms with van der Waals surface area (Å²) in [6, 6.07) is 12.8. The van der Waals surface area contributed by atoms with Crippen molar-refractivity contribution in [1.29, 1.82) is 0 Å². The first kappa shape index (κ1) is 16.5. The van der Waals surface area contributed by atoms with Crippen LogP contribution in [0.15, 0.2) is 42.5 Å². The lowest BCUT2D eigenvalue weighted by atomic mass is 9.89. The first-order chi connectivity index (χ1) is 11.6. The number of aryl methyl sites for hydroxylation is 2. The Kier molecular flexibility index (Phi) is 5.14. The number of anilines is 1. The number of fused-ring (bicyclic) bond motifs is 1.